The number of imidazole rings is 1. The maximum atomic E-state index is 5.57. The standard InChI is InChI=1S/C9H12N4S/c1-6-7(2)14-9(12-6)13-4-3-11-8(13)5-10/h3-4H,5,10H2,1-2H3. The average Bonchev–Trinajstić information content (AvgIpc) is 2.73. The molecule has 0 amide bonds. The van der Waals surface area contributed by atoms with Crippen LogP contribution >= 0.6 is 11.3 Å². The van der Waals surface area contributed by atoms with Crippen molar-refractivity contribution in [2.75, 3.05) is 0 Å². The zero-order valence-corrected chi connectivity index (χ0v) is 9.01. The largest absolute Gasteiger partial charge is 0.324 e. The van der Waals surface area contributed by atoms with E-state index in [2.05, 4.69) is 16.9 Å². The smallest absolute Gasteiger partial charge is 0.195 e. The first-order valence-corrected chi connectivity index (χ1v) is 5.20. The fourth-order valence-corrected chi connectivity index (χ4v) is 2.13. The van der Waals surface area contributed by atoms with Crippen LogP contribution in [0.25, 0.3) is 5.13 Å². The van der Waals surface area contributed by atoms with Crippen LogP contribution in [0, 0.1) is 13.8 Å². The van der Waals surface area contributed by atoms with Crippen LogP contribution in [0.1, 0.15) is 16.4 Å². The van der Waals surface area contributed by atoms with Gasteiger partial charge in [0.05, 0.1) is 12.2 Å². The lowest BCUT2D eigenvalue weighted by atomic mass is 10.4. The monoisotopic (exact) mass is 208 g/mol. The molecule has 2 N–H and O–H groups in total. The van der Waals surface area contributed by atoms with E-state index < -0.39 is 0 Å². The quantitative estimate of drug-likeness (QED) is 0.811. The second-order valence-corrected chi connectivity index (χ2v) is 4.24. The van der Waals surface area contributed by atoms with Gasteiger partial charge in [-0.25, -0.2) is 9.97 Å². The molecule has 0 aromatic carbocycles. The number of hydrogen-bond acceptors (Lipinski definition) is 4. The molecule has 0 bridgehead atoms. The van der Waals surface area contributed by atoms with E-state index in [-0.39, 0.29) is 0 Å². The molecule has 0 aliphatic heterocycles. The van der Waals surface area contributed by atoms with Crippen molar-refractivity contribution in [1.82, 2.24) is 14.5 Å². The van der Waals surface area contributed by atoms with Crippen LogP contribution in [0.4, 0.5) is 0 Å². The molecule has 2 rings (SSSR count). The highest BCUT2D eigenvalue weighted by Crippen LogP contribution is 2.21. The van der Waals surface area contributed by atoms with E-state index in [9.17, 15) is 0 Å². The van der Waals surface area contributed by atoms with Gasteiger partial charge in [-0.05, 0) is 13.8 Å². The summed E-state index contributed by atoms with van der Waals surface area (Å²) in [5.74, 6) is 0.846. The van der Waals surface area contributed by atoms with Gasteiger partial charge in [0.2, 0.25) is 0 Å². The van der Waals surface area contributed by atoms with Gasteiger partial charge in [-0.15, -0.1) is 11.3 Å². The molecule has 14 heavy (non-hydrogen) atoms. The predicted octanol–water partition coefficient (Wildman–Crippen LogP) is 1.40. The highest BCUT2D eigenvalue weighted by molar-refractivity contribution is 7.14. The third kappa shape index (κ3) is 1.44. The molecule has 0 saturated heterocycles. The summed E-state index contributed by atoms with van der Waals surface area (Å²) in [5, 5.41) is 0.943. The van der Waals surface area contributed by atoms with Gasteiger partial charge in [0.15, 0.2) is 5.13 Å². The van der Waals surface area contributed by atoms with Crippen molar-refractivity contribution in [3.8, 4) is 5.13 Å². The summed E-state index contributed by atoms with van der Waals surface area (Å²) in [6.45, 7) is 4.51. The molecule has 5 heteroatoms. The van der Waals surface area contributed by atoms with E-state index in [4.69, 9.17) is 5.73 Å². The molecule has 0 aliphatic rings. The van der Waals surface area contributed by atoms with Gasteiger partial charge in [-0.3, -0.25) is 4.57 Å². The Hall–Kier alpha value is -1.20. The molecule has 2 aromatic rings. The summed E-state index contributed by atoms with van der Waals surface area (Å²) >= 11 is 1.66. The SMILES string of the molecule is Cc1nc(-n2ccnc2CN)sc1C. The van der Waals surface area contributed by atoms with Crippen LogP contribution in [-0.4, -0.2) is 14.5 Å². The number of nitrogens with zero attached hydrogens (tertiary/aromatic N) is 3. The average molecular weight is 208 g/mol. The molecule has 0 fully saturated rings. The van der Waals surface area contributed by atoms with Crippen LogP contribution in [0.3, 0.4) is 0 Å². The Morgan fingerprint density at radius 3 is 2.86 bits per heavy atom. The summed E-state index contributed by atoms with van der Waals surface area (Å²) in [4.78, 5) is 9.83. The van der Waals surface area contributed by atoms with Crippen molar-refractivity contribution in [2.24, 2.45) is 5.73 Å². The third-order valence-corrected chi connectivity index (χ3v) is 3.20. The zero-order valence-electron chi connectivity index (χ0n) is 8.19. The summed E-state index contributed by atoms with van der Waals surface area (Å²) < 4.78 is 1.94. The summed E-state index contributed by atoms with van der Waals surface area (Å²) in [7, 11) is 0. The highest BCUT2D eigenvalue weighted by Gasteiger charge is 2.08. The van der Waals surface area contributed by atoms with Crippen molar-refractivity contribution in [3.05, 3.63) is 28.8 Å². The Bertz CT molecular complexity index is 424. The Kier molecular flexibility index (Phi) is 2.35. The van der Waals surface area contributed by atoms with Gasteiger partial charge in [-0.1, -0.05) is 0 Å². The molecule has 74 valence electrons. The Labute approximate surface area is 86.4 Å². The van der Waals surface area contributed by atoms with Gasteiger partial charge in [0.1, 0.15) is 5.82 Å². The maximum Gasteiger partial charge on any atom is 0.195 e. The molecule has 0 atom stereocenters. The van der Waals surface area contributed by atoms with E-state index in [1.54, 1.807) is 17.5 Å². The number of aromatic nitrogens is 3. The van der Waals surface area contributed by atoms with Gasteiger partial charge in [0, 0.05) is 17.3 Å². The normalized spacial score (nSPS) is 10.8. The summed E-state index contributed by atoms with van der Waals surface area (Å²) in [6, 6.07) is 0. The maximum absolute atomic E-state index is 5.57. The number of thiazole rings is 1. The van der Waals surface area contributed by atoms with E-state index in [0.717, 1.165) is 16.6 Å². The second-order valence-electron chi connectivity index (χ2n) is 3.06. The van der Waals surface area contributed by atoms with Crippen molar-refractivity contribution in [1.29, 1.82) is 0 Å². The minimum Gasteiger partial charge on any atom is -0.324 e. The third-order valence-electron chi connectivity index (χ3n) is 2.12. The number of aryl methyl sites for hydroxylation is 2. The molecule has 0 radical (unpaired) electrons. The van der Waals surface area contributed by atoms with Crippen LogP contribution in [-0.2, 0) is 6.54 Å². The molecule has 0 spiro atoms. The molecule has 4 nitrogen and oxygen atoms in total. The fourth-order valence-electron chi connectivity index (χ4n) is 1.22. The first-order valence-electron chi connectivity index (χ1n) is 4.39. The van der Waals surface area contributed by atoms with Gasteiger partial charge >= 0.3 is 0 Å². The first-order chi connectivity index (χ1) is 6.72. The summed E-state index contributed by atoms with van der Waals surface area (Å²) in [5.41, 5.74) is 6.64. The molecule has 0 aliphatic carbocycles. The van der Waals surface area contributed by atoms with Gasteiger partial charge < -0.3 is 5.73 Å². The molecule has 2 heterocycles. The molecule has 0 unspecified atom stereocenters. The summed E-state index contributed by atoms with van der Waals surface area (Å²) in [6.07, 6.45) is 3.63. The van der Waals surface area contributed by atoms with Crippen molar-refractivity contribution in [2.45, 2.75) is 20.4 Å². The lowest BCUT2D eigenvalue weighted by Gasteiger charge is -1.99. The molecular formula is C9H12N4S. The van der Waals surface area contributed by atoms with Crippen molar-refractivity contribution >= 4 is 11.3 Å². The van der Waals surface area contributed by atoms with Gasteiger partial charge in [0.25, 0.3) is 0 Å². The van der Waals surface area contributed by atoms with Crippen LogP contribution in [0.2, 0.25) is 0 Å². The van der Waals surface area contributed by atoms with Crippen LogP contribution in [0.5, 0.6) is 0 Å². The Balaban J connectivity index is 2.49. The second kappa shape index (κ2) is 3.51. The highest BCUT2D eigenvalue weighted by atomic mass is 32.1. The van der Waals surface area contributed by atoms with Crippen molar-refractivity contribution < 1.29 is 0 Å². The number of nitrogens with two attached hydrogens (primary N) is 1. The lowest BCUT2D eigenvalue weighted by Crippen LogP contribution is -2.05. The van der Waals surface area contributed by atoms with Crippen LogP contribution < -0.4 is 5.73 Å². The minimum atomic E-state index is 0.435. The molecular weight excluding hydrogens is 196 g/mol. The van der Waals surface area contributed by atoms with E-state index in [0.29, 0.717) is 6.54 Å². The van der Waals surface area contributed by atoms with E-state index >= 15 is 0 Å². The first kappa shape index (κ1) is 9.36. The minimum absolute atomic E-state index is 0.435. The topological polar surface area (TPSA) is 56.7 Å². The Morgan fingerprint density at radius 2 is 2.29 bits per heavy atom. The van der Waals surface area contributed by atoms with Crippen LogP contribution in [0.15, 0.2) is 12.4 Å². The molecule has 2 aromatic heterocycles. The van der Waals surface area contributed by atoms with E-state index in [1.807, 2.05) is 17.7 Å². The number of hydrogen-bond donors (Lipinski definition) is 1. The molecule has 0 saturated carbocycles. The van der Waals surface area contributed by atoms with E-state index in [1.165, 1.54) is 4.88 Å². The van der Waals surface area contributed by atoms with Crippen molar-refractivity contribution in [3.63, 3.8) is 0 Å². The predicted molar refractivity (Wildman–Crippen MR) is 56.6 cm³/mol. The fraction of sp³-hybridized carbons (Fsp3) is 0.333. The zero-order chi connectivity index (χ0) is 10.1. The van der Waals surface area contributed by atoms with Gasteiger partial charge in [-0.2, -0.15) is 0 Å². The Morgan fingerprint density at radius 1 is 1.50 bits per heavy atom. The number of rotatable bonds is 2. The lowest BCUT2D eigenvalue weighted by molar-refractivity contribution is 0.859.